The fourth-order valence-electron chi connectivity index (χ4n) is 5.85. The zero-order valence-corrected chi connectivity index (χ0v) is 19.6. The quantitative estimate of drug-likeness (QED) is 0.250. The van der Waals surface area contributed by atoms with E-state index >= 15 is 0 Å². The van der Waals surface area contributed by atoms with Crippen LogP contribution in [0.5, 0.6) is 0 Å². The second-order valence-corrected chi connectivity index (χ2v) is 9.46. The Hall–Kier alpha value is -4.82. The van der Waals surface area contributed by atoms with Crippen LogP contribution >= 0.6 is 0 Å². The molecule has 0 unspecified atom stereocenters. The lowest BCUT2D eigenvalue weighted by Gasteiger charge is -2.33. The Kier molecular flexibility index (Phi) is 3.97. The average molecular weight is 459 g/mol. The molecule has 0 saturated carbocycles. The first-order chi connectivity index (χ1) is 17.9. The van der Waals surface area contributed by atoms with Gasteiger partial charge in [0.1, 0.15) is 0 Å². The maximum absolute atomic E-state index is 2.43. The summed E-state index contributed by atoms with van der Waals surface area (Å²) in [6, 6.07) is 48.3. The lowest BCUT2D eigenvalue weighted by atomic mass is 10.0. The molecular formula is C34H22N2. The van der Waals surface area contributed by atoms with Crippen LogP contribution in [-0.4, -0.2) is 4.57 Å². The van der Waals surface area contributed by atoms with Gasteiger partial charge >= 0.3 is 0 Å². The molecule has 0 spiro atoms. The lowest BCUT2D eigenvalue weighted by Crippen LogP contribution is -2.17. The number of benzene rings is 6. The van der Waals surface area contributed by atoms with Crippen LogP contribution < -0.4 is 4.90 Å². The van der Waals surface area contributed by atoms with Gasteiger partial charge in [0.2, 0.25) is 0 Å². The number of para-hydroxylation sites is 4. The van der Waals surface area contributed by atoms with Gasteiger partial charge in [-0.1, -0.05) is 91.0 Å². The average Bonchev–Trinajstić information content (AvgIpc) is 3.29. The minimum absolute atomic E-state index is 1.16. The molecule has 1 aliphatic heterocycles. The Labute approximate surface area is 209 Å². The molecule has 8 rings (SSSR count). The second-order valence-electron chi connectivity index (χ2n) is 9.46. The van der Waals surface area contributed by atoms with E-state index in [0.717, 1.165) is 5.69 Å². The summed E-state index contributed by atoms with van der Waals surface area (Å²) < 4.78 is 2.43. The van der Waals surface area contributed by atoms with E-state index in [2.05, 4.69) is 143 Å². The summed E-state index contributed by atoms with van der Waals surface area (Å²) >= 11 is 0. The van der Waals surface area contributed by atoms with E-state index in [1.807, 2.05) is 0 Å². The van der Waals surface area contributed by atoms with Crippen LogP contribution in [0.1, 0.15) is 0 Å². The van der Waals surface area contributed by atoms with Gasteiger partial charge in [-0.3, -0.25) is 0 Å². The number of rotatable bonds is 2. The van der Waals surface area contributed by atoms with Crippen molar-refractivity contribution in [2.45, 2.75) is 0 Å². The van der Waals surface area contributed by atoms with Crippen molar-refractivity contribution in [3.63, 3.8) is 0 Å². The molecule has 0 amide bonds. The molecule has 0 bridgehead atoms. The summed E-state index contributed by atoms with van der Waals surface area (Å²) in [7, 11) is 0. The molecule has 36 heavy (non-hydrogen) atoms. The van der Waals surface area contributed by atoms with Gasteiger partial charge in [-0.2, -0.15) is 0 Å². The summed E-state index contributed by atoms with van der Waals surface area (Å²) in [4.78, 5) is 2.40. The van der Waals surface area contributed by atoms with Gasteiger partial charge in [-0.25, -0.2) is 0 Å². The highest BCUT2D eigenvalue weighted by atomic mass is 15.2. The molecule has 0 N–H and O–H groups in total. The molecule has 1 aromatic heterocycles. The summed E-state index contributed by atoms with van der Waals surface area (Å²) in [5.41, 5.74) is 9.74. The van der Waals surface area contributed by atoms with E-state index in [1.54, 1.807) is 0 Å². The Bertz CT molecular complexity index is 1940. The molecular weight excluding hydrogens is 436 g/mol. The molecule has 0 atom stereocenters. The van der Waals surface area contributed by atoms with Crippen LogP contribution in [0, 0.1) is 0 Å². The third kappa shape index (κ3) is 2.67. The minimum Gasteiger partial charge on any atom is -0.306 e. The number of aromatic nitrogens is 1. The number of fused-ring (bicyclic) bond motifs is 6. The van der Waals surface area contributed by atoms with Crippen molar-refractivity contribution in [2.24, 2.45) is 0 Å². The first kappa shape index (κ1) is 19.5. The van der Waals surface area contributed by atoms with E-state index in [-0.39, 0.29) is 0 Å². The molecule has 2 nitrogen and oxygen atoms in total. The first-order valence-electron chi connectivity index (χ1n) is 12.4. The zero-order valence-electron chi connectivity index (χ0n) is 19.6. The van der Waals surface area contributed by atoms with Gasteiger partial charge in [0.05, 0.1) is 28.1 Å². The topological polar surface area (TPSA) is 8.17 Å². The van der Waals surface area contributed by atoms with Crippen molar-refractivity contribution in [1.29, 1.82) is 0 Å². The molecule has 0 aliphatic carbocycles. The standard InChI is InChI=1S/C34H22N2/c1-2-9-25-22-26(17-16-23(25)8-1)24-18-20-27(21-19-24)35-31-13-5-6-14-32(31)36-30-12-4-3-10-28(30)29-11-7-15-33(35)34(29)36/h1-22H. The summed E-state index contributed by atoms with van der Waals surface area (Å²) in [6.45, 7) is 0. The van der Waals surface area contributed by atoms with Crippen molar-refractivity contribution in [2.75, 3.05) is 4.90 Å². The van der Waals surface area contributed by atoms with Crippen molar-refractivity contribution >= 4 is 49.6 Å². The van der Waals surface area contributed by atoms with Gasteiger partial charge in [0.25, 0.3) is 0 Å². The van der Waals surface area contributed by atoms with Gasteiger partial charge < -0.3 is 9.47 Å². The van der Waals surface area contributed by atoms with Gasteiger partial charge in [-0.15, -0.1) is 0 Å². The molecule has 0 radical (unpaired) electrons. The van der Waals surface area contributed by atoms with Crippen LogP contribution in [0.4, 0.5) is 17.1 Å². The van der Waals surface area contributed by atoms with Crippen molar-refractivity contribution in [1.82, 2.24) is 4.57 Å². The third-order valence-corrected chi connectivity index (χ3v) is 7.49. The predicted octanol–water partition coefficient (Wildman–Crippen LogP) is 9.39. The van der Waals surface area contributed by atoms with Crippen molar-refractivity contribution in [3.8, 4) is 16.8 Å². The smallest absolute Gasteiger partial charge is 0.0783 e. The fraction of sp³-hybridized carbons (Fsp3) is 0. The van der Waals surface area contributed by atoms with Crippen molar-refractivity contribution in [3.05, 3.63) is 133 Å². The molecule has 7 aromatic rings. The van der Waals surface area contributed by atoms with Crippen LogP contribution in [0.2, 0.25) is 0 Å². The largest absolute Gasteiger partial charge is 0.306 e. The summed E-state index contributed by atoms with van der Waals surface area (Å²) in [5, 5.41) is 5.11. The minimum atomic E-state index is 1.16. The molecule has 1 aliphatic rings. The number of anilines is 3. The van der Waals surface area contributed by atoms with Crippen LogP contribution in [0.15, 0.2) is 133 Å². The highest BCUT2D eigenvalue weighted by molar-refractivity contribution is 6.16. The van der Waals surface area contributed by atoms with Crippen molar-refractivity contribution < 1.29 is 0 Å². The monoisotopic (exact) mass is 458 g/mol. The Balaban J connectivity index is 1.32. The lowest BCUT2D eigenvalue weighted by molar-refractivity contribution is 1.11. The predicted molar refractivity (Wildman–Crippen MR) is 152 cm³/mol. The Morgan fingerprint density at radius 3 is 1.97 bits per heavy atom. The van der Waals surface area contributed by atoms with E-state index < -0.39 is 0 Å². The maximum atomic E-state index is 2.43. The van der Waals surface area contributed by atoms with Gasteiger partial charge in [0, 0.05) is 16.5 Å². The normalized spacial score (nSPS) is 12.4. The molecule has 0 saturated heterocycles. The molecule has 6 aromatic carbocycles. The molecule has 0 fully saturated rings. The zero-order chi connectivity index (χ0) is 23.6. The highest BCUT2D eigenvalue weighted by Gasteiger charge is 2.27. The van der Waals surface area contributed by atoms with E-state index in [1.165, 1.54) is 60.8 Å². The van der Waals surface area contributed by atoms with Gasteiger partial charge in [0.15, 0.2) is 0 Å². The molecule has 2 heteroatoms. The maximum Gasteiger partial charge on any atom is 0.0783 e. The Morgan fingerprint density at radius 2 is 1.08 bits per heavy atom. The number of nitrogens with zero attached hydrogens (tertiary/aromatic N) is 2. The Morgan fingerprint density at radius 1 is 0.417 bits per heavy atom. The van der Waals surface area contributed by atoms with Gasteiger partial charge in [-0.05, 0) is 64.4 Å². The van der Waals surface area contributed by atoms with Crippen LogP contribution in [0.3, 0.4) is 0 Å². The highest BCUT2D eigenvalue weighted by Crippen LogP contribution is 2.49. The summed E-state index contributed by atoms with van der Waals surface area (Å²) in [5.74, 6) is 0. The third-order valence-electron chi connectivity index (χ3n) is 7.49. The summed E-state index contributed by atoms with van der Waals surface area (Å²) in [6.07, 6.45) is 0. The van der Waals surface area contributed by atoms with E-state index in [9.17, 15) is 0 Å². The van der Waals surface area contributed by atoms with E-state index in [4.69, 9.17) is 0 Å². The van der Waals surface area contributed by atoms with E-state index in [0.29, 0.717) is 0 Å². The van der Waals surface area contributed by atoms with Crippen LogP contribution in [-0.2, 0) is 0 Å². The SMILES string of the molecule is c1ccc2c(c1)N(c1ccc(-c3ccc4ccccc4c3)cc1)c1cccc3c4ccccc4n-2c13. The molecule has 2 heterocycles. The second kappa shape index (κ2) is 7.34. The number of hydrogen-bond donors (Lipinski definition) is 0. The fourth-order valence-corrected chi connectivity index (χ4v) is 5.85. The number of hydrogen-bond acceptors (Lipinski definition) is 1. The molecule has 168 valence electrons. The first-order valence-corrected chi connectivity index (χ1v) is 12.4. The van der Waals surface area contributed by atoms with Crippen LogP contribution in [0.25, 0.3) is 49.4 Å².